The monoisotopic (exact) mass is 301 g/mol. The second-order valence-electron chi connectivity index (χ2n) is 6.33. The van der Waals surface area contributed by atoms with E-state index in [9.17, 15) is 9.59 Å². The highest BCUT2D eigenvalue weighted by Gasteiger charge is 2.15. The summed E-state index contributed by atoms with van der Waals surface area (Å²) in [6.45, 7) is 0.571. The molecule has 0 aromatic heterocycles. The van der Waals surface area contributed by atoms with E-state index in [2.05, 4.69) is 5.32 Å². The largest absolute Gasteiger partial charge is 0.356 e. The normalized spacial score (nSPS) is 16.9. The zero-order chi connectivity index (χ0) is 15.6. The van der Waals surface area contributed by atoms with Gasteiger partial charge in [-0.25, -0.2) is 0 Å². The molecule has 1 amide bonds. The van der Waals surface area contributed by atoms with E-state index in [0.29, 0.717) is 19.4 Å². The van der Waals surface area contributed by atoms with Crippen LogP contribution in [0.2, 0.25) is 0 Å². The van der Waals surface area contributed by atoms with Gasteiger partial charge in [0.25, 0.3) is 0 Å². The van der Waals surface area contributed by atoms with Crippen molar-refractivity contribution >= 4 is 12.2 Å². The molecular weight excluding hydrogens is 274 g/mol. The van der Waals surface area contributed by atoms with Crippen molar-refractivity contribution in [2.75, 3.05) is 6.54 Å². The molecule has 0 bridgehead atoms. The number of rotatable bonds is 8. The molecule has 2 rings (SSSR count). The van der Waals surface area contributed by atoms with Crippen molar-refractivity contribution in [1.29, 1.82) is 0 Å². The van der Waals surface area contributed by atoms with E-state index in [0.717, 1.165) is 24.2 Å². The molecule has 0 heterocycles. The molecule has 1 aromatic rings. The highest BCUT2D eigenvalue weighted by atomic mass is 16.1. The van der Waals surface area contributed by atoms with Crippen LogP contribution < -0.4 is 5.32 Å². The molecule has 1 aromatic carbocycles. The Morgan fingerprint density at radius 1 is 1.18 bits per heavy atom. The van der Waals surface area contributed by atoms with Crippen LogP contribution in [0.1, 0.15) is 62.8 Å². The average Bonchev–Trinajstić information content (AvgIpc) is 2.58. The summed E-state index contributed by atoms with van der Waals surface area (Å²) in [4.78, 5) is 23.1. The van der Waals surface area contributed by atoms with Gasteiger partial charge in [0.05, 0.1) is 0 Å². The van der Waals surface area contributed by atoms with Crippen LogP contribution in [0.15, 0.2) is 30.3 Å². The molecule has 1 N–H and O–H groups in total. The Morgan fingerprint density at radius 2 is 1.91 bits per heavy atom. The summed E-state index contributed by atoms with van der Waals surface area (Å²) < 4.78 is 0. The van der Waals surface area contributed by atoms with Gasteiger partial charge in [0.1, 0.15) is 6.29 Å². The molecule has 120 valence electrons. The molecule has 0 saturated heterocycles. The lowest BCUT2D eigenvalue weighted by atomic mass is 9.86. The van der Waals surface area contributed by atoms with Crippen LogP contribution in [0, 0.1) is 5.92 Å². The second kappa shape index (κ2) is 9.39. The summed E-state index contributed by atoms with van der Waals surface area (Å²) in [5.41, 5.74) is 1.02. The Labute approximate surface area is 133 Å². The van der Waals surface area contributed by atoms with Gasteiger partial charge in [0, 0.05) is 18.9 Å². The van der Waals surface area contributed by atoms with E-state index >= 15 is 0 Å². The maximum Gasteiger partial charge on any atom is 0.220 e. The van der Waals surface area contributed by atoms with Crippen molar-refractivity contribution < 1.29 is 9.59 Å². The van der Waals surface area contributed by atoms with E-state index in [1.54, 1.807) is 0 Å². The summed E-state index contributed by atoms with van der Waals surface area (Å²) in [6.07, 6.45) is 9.86. The number of hydrogen-bond donors (Lipinski definition) is 1. The van der Waals surface area contributed by atoms with E-state index in [4.69, 9.17) is 0 Å². The Kier molecular flexibility index (Phi) is 7.14. The van der Waals surface area contributed by atoms with Crippen molar-refractivity contribution in [3.05, 3.63) is 35.9 Å². The molecule has 0 radical (unpaired) electrons. The van der Waals surface area contributed by atoms with Gasteiger partial charge < -0.3 is 10.1 Å². The highest BCUT2D eigenvalue weighted by molar-refractivity contribution is 5.75. The number of nitrogens with one attached hydrogen (secondary N) is 1. The van der Waals surface area contributed by atoms with Crippen LogP contribution in [0.5, 0.6) is 0 Å². The van der Waals surface area contributed by atoms with Crippen LogP contribution >= 0.6 is 0 Å². The summed E-state index contributed by atoms with van der Waals surface area (Å²) in [6, 6.07) is 9.75. The molecule has 1 aliphatic carbocycles. The van der Waals surface area contributed by atoms with Gasteiger partial charge in [0.2, 0.25) is 5.91 Å². The predicted molar refractivity (Wildman–Crippen MR) is 88.7 cm³/mol. The first-order valence-corrected chi connectivity index (χ1v) is 8.56. The zero-order valence-electron chi connectivity index (χ0n) is 13.3. The summed E-state index contributed by atoms with van der Waals surface area (Å²) >= 11 is 0. The molecule has 1 fully saturated rings. The van der Waals surface area contributed by atoms with Gasteiger partial charge in [-0.15, -0.1) is 0 Å². The maximum absolute atomic E-state index is 11.9. The van der Waals surface area contributed by atoms with Crippen molar-refractivity contribution in [3.63, 3.8) is 0 Å². The number of hydrogen-bond acceptors (Lipinski definition) is 2. The lowest BCUT2D eigenvalue weighted by Crippen LogP contribution is -2.26. The van der Waals surface area contributed by atoms with Crippen molar-refractivity contribution in [2.45, 2.75) is 57.3 Å². The van der Waals surface area contributed by atoms with Gasteiger partial charge in [-0.1, -0.05) is 62.4 Å². The standard InChI is InChI=1S/C19H27NO2/c21-15-18(17-9-5-2-6-10-17)13-14-20-19(22)12-11-16-7-3-1-4-8-16/h2,5-6,9-10,15-16,18H,1,3-4,7-8,11-14H2,(H,20,22). The van der Waals surface area contributed by atoms with Gasteiger partial charge in [0.15, 0.2) is 0 Å². The van der Waals surface area contributed by atoms with E-state index < -0.39 is 0 Å². The summed E-state index contributed by atoms with van der Waals surface area (Å²) in [7, 11) is 0. The third-order valence-corrected chi connectivity index (χ3v) is 4.67. The quantitative estimate of drug-likeness (QED) is 0.742. The molecule has 1 saturated carbocycles. The van der Waals surface area contributed by atoms with Gasteiger partial charge in [-0.05, 0) is 24.3 Å². The molecule has 1 aliphatic rings. The second-order valence-corrected chi connectivity index (χ2v) is 6.33. The Morgan fingerprint density at radius 3 is 2.59 bits per heavy atom. The molecule has 22 heavy (non-hydrogen) atoms. The molecule has 1 atom stereocenters. The van der Waals surface area contributed by atoms with Gasteiger partial charge in [-0.2, -0.15) is 0 Å². The van der Waals surface area contributed by atoms with Gasteiger partial charge in [-0.3, -0.25) is 4.79 Å². The fraction of sp³-hybridized carbons (Fsp3) is 0.579. The van der Waals surface area contributed by atoms with Crippen LogP contribution in [0.4, 0.5) is 0 Å². The number of benzene rings is 1. The minimum Gasteiger partial charge on any atom is -0.356 e. The molecule has 3 nitrogen and oxygen atoms in total. The summed E-state index contributed by atoms with van der Waals surface area (Å²) in [5, 5.41) is 2.96. The van der Waals surface area contributed by atoms with E-state index in [-0.39, 0.29) is 11.8 Å². The van der Waals surface area contributed by atoms with Crippen molar-refractivity contribution in [2.24, 2.45) is 5.92 Å². The number of carbonyl (C=O) groups excluding carboxylic acids is 2. The fourth-order valence-electron chi connectivity index (χ4n) is 3.28. The highest BCUT2D eigenvalue weighted by Crippen LogP contribution is 2.27. The molecule has 0 aliphatic heterocycles. The minimum atomic E-state index is -0.125. The first kappa shape index (κ1) is 16.7. The topological polar surface area (TPSA) is 46.2 Å². The van der Waals surface area contributed by atoms with Crippen LogP contribution in [0.3, 0.4) is 0 Å². The molecule has 0 spiro atoms. The Hall–Kier alpha value is -1.64. The van der Waals surface area contributed by atoms with Gasteiger partial charge >= 0.3 is 0 Å². The lowest BCUT2D eigenvalue weighted by Gasteiger charge is -2.21. The molecule has 1 unspecified atom stereocenters. The Bertz CT molecular complexity index is 452. The number of aldehydes is 1. The number of amides is 1. The first-order chi connectivity index (χ1) is 10.8. The number of carbonyl (C=O) groups is 2. The maximum atomic E-state index is 11.9. The minimum absolute atomic E-state index is 0.125. The van der Waals surface area contributed by atoms with E-state index in [1.165, 1.54) is 32.1 Å². The third kappa shape index (κ3) is 5.63. The SMILES string of the molecule is O=CC(CCNC(=O)CCC1CCCCC1)c1ccccc1. The molecule has 3 heteroatoms. The predicted octanol–water partition coefficient (Wildman–Crippen LogP) is 3.84. The smallest absolute Gasteiger partial charge is 0.220 e. The first-order valence-electron chi connectivity index (χ1n) is 8.56. The third-order valence-electron chi connectivity index (χ3n) is 4.67. The lowest BCUT2D eigenvalue weighted by molar-refractivity contribution is -0.121. The average molecular weight is 301 g/mol. The van der Waals surface area contributed by atoms with E-state index in [1.807, 2.05) is 30.3 Å². The van der Waals surface area contributed by atoms with Crippen molar-refractivity contribution in [3.8, 4) is 0 Å². The molecular formula is C19H27NO2. The van der Waals surface area contributed by atoms with Crippen LogP contribution in [-0.4, -0.2) is 18.7 Å². The van der Waals surface area contributed by atoms with Crippen LogP contribution in [-0.2, 0) is 9.59 Å². The van der Waals surface area contributed by atoms with Crippen molar-refractivity contribution in [1.82, 2.24) is 5.32 Å². The zero-order valence-corrected chi connectivity index (χ0v) is 13.3. The Balaban J connectivity index is 1.64. The summed E-state index contributed by atoms with van der Waals surface area (Å²) in [5.74, 6) is 0.745. The fourth-order valence-corrected chi connectivity index (χ4v) is 3.28. The van der Waals surface area contributed by atoms with Crippen LogP contribution in [0.25, 0.3) is 0 Å².